The zero-order valence-electron chi connectivity index (χ0n) is 18.7. The SMILES string of the molecule is CC(NC(=O)c1c[nH]c2ccccc12)C(=O)N(CC(=O)NC(C=O)CC(=O)O)c1ccccc1O. The van der Waals surface area contributed by atoms with Gasteiger partial charge < -0.3 is 30.6 Å². The van der Waals surface area contributed by atoms with E-state index < -0.39 is 48.7 Å². The Bertz CT molecular complexity index is 1270. The number of benzene rings is 2. The predicted molar refractivity (Wildman–Crippen MR) is 126 cm³/mol. The minimum absolute atomic E-state index is 0.00160. The highest BCUT2D eigenvalue weighted by molar-refractivity contribution is 6.09. The molecule has 0 bridgehead atoms. The molecular weight excluding hydrogens is 456 g/mol. The van der Waals surface area contributed by atoms with Crippen LogP contribution in [-0.4, -0.2) is 63.8 Å². The molecule has 182 valence electrons. The molecule has 3 aromatic rings. The average molecular weight is 480 g/mol. The summed E-state index contributed by atoms with van der Waals surface area (Å²) in [5.74, 6) is -3.63. The van der Waals surface area contributed by atoms with Gasteiger partial charge >= 0.3 is 5.97 Å². The van der Waals surface area contributed by atoms with Crippen molar-refractivity contribution in [2.24, 2.45) is 0 Å². The van der Waals surface area contributed by atoms with Crippen molar-refractivity contribution in [2.75, 3.05) is 11.4 Å². The lowest BCUT2D eigenvalue weighted by molar-refractivity contribution is -0.138. The predicted octanol–water partition coefficient (Wildman–Crippen LogP) is 1.18. The van der Waals surface area contributed by atoms with Crippen LogP contribution in [0.1, 0.15) is 23.7 Å². The van der Waals surface area contributed by atoms with Crippen molar-refractivity contribution in [3.05, 3.63) is 60.3 Å². The number of aliphatic carboxylic acids is 1. The van der Waals surface area contributed by atoms with E-state index >= 15 is 0 Å². The Morgan fingerprint density at radius 3 is 2.43 bits per heavy atom. The lowest BCUT2D eigenvalue weighted by Gasteiger charge is -2.27. The summed E-state index contributed by atoms with van der Waals surface area (Å²) in [5, 5.41) is 24.6. The molecule has 2 aromatic carbocycles. The monoisotopic (exact) mass is 480 g/mol. The first-order valence-corrected chi connectivity index (χ1v) is 10.6. The maximum atomic E-state index is 13.3. The van der Waals surface area contributed by atoms with Gasteiger partial charge in [-0.15, -0.1) is 0 Å². The second-order valence-electron chi connectivity index (χ2n) is 7.76. The van der Waals surface area contributed by atoms with Gasteiger partial charge in [0, 0.05) is 17.1 Å². The highest BCUT2D eigenvalue weighted by atomic mass is 16.4. The lowest BCUT2D eigenvalue weighted by atomic mass is 10.1. The van der Waals surface area contributed by atoms with Gasteiger partial charge in [0.05, 0.1) is 23.7 Å². The molecule has 35 heavy (non-hydrogen) atoms. The molecular formula is C24H24N4O7. The Kier molecular flexibility index (Phi) is 7.82. The second kappa shape index (κ2) is 11.0. The maximum absolute atomic E-state index is 13.3. The lowest BCUT2D eigenvalue weighted by Crippen LogP contribution is -2.51. The Hall–Kier alpha value is -4.67. The van der Waals surface area contributed by atoms with Crippen LogP contribution in [0.5, 0.6) is 5.75 Å². The number of carboxylic acids is 1. The summed E-state index contributed by atoms with van der Waals surface area (Å²) in [6.45, 7) is 0.798. The molecule has 5 N–H and O–H groups in total. The van der Waals surface area contributed by atoms with Crippen molar-refractivity contribution in [3.8, 4) is 5.75 Å². The third kappa shape index (κ3) is 6.02. The van der Waals surface area contributed by atoms with Gasteiger partial charge in [0.2, 0.25) is 11.8 Å². The third-order valence-corrected chi connectivity index (χ3v) is 5.20. The number of aromatic nitrogens is 1. The normalized spacial score (nSPS) is 12.4. The van der Waals surface area contributed by atoms with Crippen LogP contribution in [0.25, 0.3) is 10.9 Å². The van der Waals surface area contributed by atoms with Crippen molar-refractivity contribution < 1.29 is 34.2 Å². The largest absolute Gasteiger partial charge is 0.506 e. The number of rotatable bonds is 10. The molecule has 0 radical (unpaired) electrons. The molecule has 0 saturated heterocycles. The number of carbonyl (C=O) groups is 5. The number of carboxylic acid groups (broad SMARTS) is 1. The number of aromatic amines is 1. The van der Waals surface area contributed by atoms with E-state index in [4.69, 9.17) is 5.11 Å². The fourth-order valence-corrected chi connectivity index (χ4v) is 3.52. The highest BCUT2D eigenvalue weighted by Gasteiger charge is 2.28. The van der Waals surface area contributed by atoms with E-state index in [0.29, 0.717) is 10.9 Å². The Morgan fingerprint density at radius 2 is 1.74 bits per heavy atom. The Balaban J connectivity index is 1.80. The van der Waals surface area contributed by atoms with Crippen molar-refractivity contribution in [1.82, 2.24) is 15.6 Å². The van der Waals surface area contributed by atoms with Crippen LogP contribution < -0.4 is 15.5 Å². The summed E-state index contributed by atoms with van der Waals surface area (Å²) in [6, 6.07) is 10.5. The summed E-state index contributed by atoms with van der Waals surface area (Å²) < 4.78 is 0. The number of phenols is 1. The van der Waals surface area contributed by atoms with Crippen LogP contribution in [0.3, 0.4) is 0 Å². The van der Waals surface area contributed by atoms with Crippen molar-refractivity contribution in [3.63, 3.8) is 0 Å². The minimum atomic E-state index is -1.29. The standard InChI is InChI=1S/C24H24N4O7/c1-14(26-23(34)17-11-25-18-7-3-2-6-16(17)18)24(35)28(19-8-4-5-9-20(19)30)12-21(31)27-15(13-29)10-22(32)33/h2-9,11,13-15,25,30H,10,12H2,1H3,(H,26,34)(H,27,31)(H,32,33). The summed E-state index contributed by atoms with van der Waals surface area (Å²) in [5.41, 5.74) is 1.08. The number of nitrogens with one attached hydrogen (secondary N) is 3. The van der Waals surface area contributed by atoms with Crippen LogP contribution in [0.4, 0.5) is 5.69 Å². The summed E-state index contributed by atoms with van der Waals surface area (Å²) in [6.07, 6.45) is 1.17. The molecule has 0 aliphatic carbocycles. The molecule has 1 heterocycles. The molecule has 3 amide bonds. The van der Waals surface area contributed by atoms with Crippen LogP contribution in [-0.2, 0) is 19.2 Å². The van der Waals surface area contributed by atoms with Crippen LogP contribution in [0.15, 0.2) is 54.7 Å². The van der Waals surface area contributed by atoms with E-state index in [-0.39, 0.29) is 17.7 Å². The first kappa shape index (κ1) is 25.0. The summed E-state index contributed by atoms with van der Waals surface area (Å²) >= 11 is 0. The number of hydrogen-bond acceptors (Lipinski definition) is 6. The van der Waals surface area contributed by atoms with Gasteiger partial charge in [-0.25, -0.2) is 0 Å². The average Bonchev–Trinajstić information content (AvgIpc) is 3.26. The molecule has 0 aliphatic heterocycles. The number of phenolic OH excluding ortho intramolecular Hbond substituents is 1. The maximum Gasteiger partial charge on any atom is 0.305 e. The van der Waals surface area contributed by atoms with Gasteiger partial charge in [-0.3, -0.25) is 24.1 Å². The molecule has 2 atom stereocenters. The van der Waals surface area contributed by atoms with Crippen LogP contribution in [0, 0.1) is 0 Å². The molecule has 11 nitrogen and oxygen atoms in total. The number of aromatic hydroxyl groups is 1. The molecule has 1 aromatic heterocycles. The molecule has 0 aliphatic rings. The molecule has 0 saturated carbocycles. The van der Waals surface area contributed by atoms with E-state index in [0.717, 1.165) is 10.4 Å². The Labute approximate surface area is 199 Å². The minimum Gasteiger partial charge on any atom is -0.506 e. The van der Waals surface area contributed by atoms with Crippen molar-refractivity contribution in [1.29, 1.82) is 0 Å². The van der Waals surface area contributed by atoms with Crippen LogP contribution in [0.2, 0.25) is 0 Å². The van der Waals surface area contributed by atoms with Gasteiger partial charge in [-0.2, -0.15) is 0 Å². The number of para-hydroxylation sites is 3. The second-order valence-corrected chi connectivity index (χ2v) is 7.76. The van der Waals surface area contributed by atoms with Gasteiger partial charge in [0.1, 0.15) is 24.6 Å². The number of aldehydes is 1. The van der Waals surface area contributed by atoms with Gasteiger partial charge in [0.15, 0.2) is 0 Å². The number of carbonyl (C=O) groups excluding carboxylic acids is 4. The van der Waals surface area contributed by atoms with E-state index in [1.165, 1.54) is 31.3 Å². The molecule has 0 fully saturated rings. The van der Waals surface area contributed by atoms with E-state index in [9.17, 15) is 29.1 Å². The Morgan fingerprint density at radius 1 is 1.06 bits per heavy atom. The number of anilines is 1. The van der Waals surface area contributed by atoms with Crippen molar-refractivity contribution in [2.45, 2.75) is 25.4 Å². The van der Waals surface area contributed by atoms with E-state index in [2.05, 4.69) is 15.6 Å². The van der Waals surface area contributed by atoms with E-state index in [1.807, 2.05) is 6.07 Å². The first-order valence-electron chi connectivity index (χ1n) is 10.6. The fraction of sp³-hybridized carbons (Fsp3) is 0.208. The fourth-order valence-electron chi connectivity index (χ4n) is 3.52. The number of hydrogen-bond donors (Lipinski definition) is 5. The topological polar surface area (TPSA) is 169 Å². The van der Waals surface area contributed by atoms with Crippen LogP contribution >= 0.6 is 0 Å². The molecule has 3 rings (SSSR count). The van der Waals surface area contributed by atoms with Gasteiger partial charge in [-0.05, 0) is 25.1 Å². The van der Waals surface area contributed by atoms with Gasteiger partial charge in [0.25, 0.3) is 5.91 Å². The van der Waals surface area contributed by atoms with E-state index in [1.54, 1.807) is 24.3 Å². The molecule has 2 unspecified atom stereocenters. The molecule has 11 heteroatoms. The highest BCUT2D eigenvalue weighted by Crippen LogP contribution is 2.27. The number of fused-ring (bicyclic) bond motifs is 1. The quantitative estimate of drug-likeness (QED) is 0.271. The smallest absolute Gasteiger partial charge is 0.305 e. The summed E-state index contributed by atoms with van der Waals surface area (Å²) in [4.78, 5) is 64.6. The van der Waals surface area contributed by atoms with Gasteiger partial charge in [-0.1, -0.05) is 30.3 Å². The zero-order valence-corrected chi connectivity index (χ0v) is 18.7. The number of H-pyrrole nitrogens is 1. The number of amides is 3. The number of nitrogens with zero attached hydrogens (tertiary/aromatic N) is 1. The molecule has 0 spiro atoms. The zero-order chi connectivity index (χ0) is 25.5. The summed E-state index contributed by atoms with van der Waals surface area (Å²) in [7, 11) is 0. The first-order chi connectivity index (χ1) is 16.7. The third-order valence-electron chi connectivity index (χ3n) is 5.20. The van der Waals surface area contributed by atoms with Crippen molar-refractivity contribution >= 4 is 46.6 Å².